The third-order valence-corrected chi connectivity index (χ3v) is 4.42. The van der Waals surface area contributed by atoms with E-state index in [9.17, 15) is 14.9 Å². The quantitative estimate of drug-likeness (QED) is 0.374. The van der Waals surface area contributed by atoms with Crippen LogP contribution in [0.4, 0.5) is 11.4 Å². The molecular formula is C20H12ClN3O4. The zero-order valence-corrected chi connectivity index (χ0v) is 15.0. The minimum Gasteiger partial charge on any atom is -0.436 e. The van der Waals surface area contributed by atoms with Crippen LogP contribution in [0, 0.1) is 10.1 Å². The van der Waals surface area contributed by atoms with Crippen molar-refractivity contribution in [1.29, 1.82) is 0 Å². The SMILES string of the molecule is O=C(Nc1ccc2oc(-c3ccccc3Cl)nc2c1)c1ccc([N+](=O)[O-])cc1. The number of nitrogens with one attached hydrogen (secondary N) is 1. The highest BCUT2D eigenvalue weighted by Crippen LogP contribution is 2.30. The van der Waals surface area contributed by atoms with Crippen LogP contribution in [0.15, 0.2) is 71.1 Å². The lowest BCUT2D eigenvalue weighted by Gasteiger charge is -2.04. The lowest BCUT2D eigenvalue weighted by atomic mass is 10.2. The summed E-state index contributed by atoms with van der Waals surface area (Å²) < 4.78 is 5.74. The molecule has 1 N–H and O–H groups in total. The molecule has 7 nitrogen and oxygen atoms in total. The molecule has 4 rings (SSSR count). The van der Waals surface area contributed by atoms with E-state index in [1.165, 1.54) is 24.3 Å². The molecule has 1 amide bonds. The van der Waals surface area contributed by atoms with Gasteiger partial charge in [-0.2, -0.15) is 0 Å². The molecule has 1 heterocycles. The Morgan fingerprint density at radius 1 is 1.07 bits per heavy atom. The van der Waals surface area contributed by atoms with E-state index in [4.69, 9.17) is 16.0 Å². The molecule has 0 unspecified atom stereocenters. The number of carbonyl (C=O) groups excluding carboxylic acids is 1. The first kappa shape index (κ1) is 17.7. The number of hydrogen-bond acceptors (Lipinski definition) is 5. The summed E-state index contributed by atoms with van der Waals surface area (Å²) >= 11 is 6.19. The average Bonchev–Trinajstić information content (AvgIpc) is 3.11. The zero-order chi connectivity index (χ0) is 19.7. The lowest BCUT2D eigenvalue weighted by Crippen LogP contribution is -2.11. The van der Waals surface area contributed by atoms with Crippen LogP contribution in [0.1, 0.15) is 10.4 Å². The first-order chi connectivity index (χ1) is 13.5. The number of nitrogens with zero attached hydrogens (tertiary/aromatic N) is 2. The number of aromatic nitrogens is 1. The number of fused-ring (bicyclic) bond motifs is 1. The molecule has 0 saturated carbocycles. The second-order valence-electron chi connectivity index (χ2n) is 5.94. The number of amides is 1. The number of nitro groups is 1. The van der Waals surface area contributed by atoms with E-state index in [2.05, 4.69) is 10.3 Å². The Balaban J connectivity index is 1.58. The van der Waals surface area contributed by atoms with Crippen LogP contribution in [-0.2, 0) is 0 Å². The van der Waals surface area contributed by atoms with E-state index >= 15 is 0 Å². The van der Waals surface area contributed by atoms with Crippen LogP contribution in [0.5, 0.6) is 0 Å². The number of carbonyl (C=O) groups is 1. The molecule has 1 aromatic heterocycles. The van der Waals surface area contributed by atoms with Crippen LogP contribution in [0.3, 0.4) is 0 Å². The predicted octanol–water partition coefficient (Wildman–Crippen LogP) is 5.31. The molecule has 28 heavy (non-hydrogen) atoms. The summed E-state index contributed by atoms with van der Waals surface area (Å²) in [5, 5.41) is 14.0. The van der Waals surface area contributed by atoms with E-state index in [0.29, 0.717) is 38.8 Å². The minimum atomic E-state index is -0.517. The fourth-order valence-corrected chi connectivity index (χ4v) is 2.91. The number of hydrogen-bond donors (Lipinski definition) is 1. The van der Waals surface area contributed by atoms with Gasteiger partial charge in [-0.25, -0.2) is 4.98 Å². The van der Waals surface area contributed by atoms with Crippen molar-refractivity contribution in [2.45, 2.75) is 0 Å². The molecule has 3 aromatic carbocycles. The Labute approximate surface area is 163 Å². The van der Waals surface area contributed by atoms with Gasteiger partial charge in [0.1, 0.15) is 5.52 Å². The Morgan fingerprint density at radius 2 is 1.82 bits per heavy atom. The van der Waals surface area contributed by atoms with Crippen molar-refractivity contribution >= 4 is 40.0 Å². The van der Waals surface area contributed by atoms with Gasteiger partial charge in [0, 0.05) is 23.4 Å². The first-order valence-electron chi connectivity index (χ1n) is 8.22. The number of anilines is 1. The lowest BCUT2D eigenvalue weighted by molar-refractivity contribution is -0.384. The predicted molar refractivity (Wildman–Crippen MR) is 106 cm³/mol. The van der Waals surface area contributed by atoms with Gasteiger partial charge in [-0.1, -0.05) is 23.7 Å². The molecule has 0 saturated heterocycles. The summed E-state index contributed by atoms with van der Waals surface area (Å²) in [6, 6.07) is 17.7. The van der Waals surface area contributed by atoms with Crippen molar-refractivity contribution in [3.63, 3.8) is 0 Å². The number of rotatable bonds is 4. The van der Waals surface area contributed by atoms with E-state index in [1.807, 2.05) is 18.2 Å². The Hall–Kier alpha value is -3.71. The van der Waals surface area contributed by atoms with Gasteiger partial charge in [-0.3, -0.25) is 14.9 Å². The number of oxazole rings is 1. The number of benzene rings is 3. The van der Waals surface area contributed by atoms with Crippen LogP contribution < -0.4 is 5.32 Å². The van der Waals surface area contributed by atoms with Crippen LogP contribution in [0.2, 0.25) is 5.02 Å². The number of non-ortho nitro benzene ring substituents is 1. The maximum Gasteiger partial charge on any atom is 0.269 e. The molecule has 0 aliphatic heterocycles. The van der Waals surface area contributed by atoms with E-state index in [0.717, 1.165) is 0 Å². The zero-order valence-electron chi connectivity index (χ0n) is 14.3. The van der Waals surface area contributed by atoms with Gasteiger partial charge in [0.25, 0.3) is 11.6 Å². The van der Waals surface area contributed by atoms with Crippen molar-refractivity contribution in [3.05, 3.63) is 87.4 Å². The standard InChI is InChI=1S/C20H12ClN3O4/c21-16-4-2-1-3-15(16)20-23-17-11-13(7-10-18(17)28-20)22-19(25)12-5-8-14(9-6-12)24(26)27/h1-11H,(H,22,25). The van der Waals surface area contributed by atoms with Crippen molar-refractivity contribution in [2.75, 3.05) is 5.32 Å². The van der Waals surface area contributed by atoms with E-state index in [-0.39, 0.29) is 11.6 Å². The van der Waals surface area contributed by atoms with Crippen molar-refractivity contribution in [3.8, 4) is 11.5 Å². The normalized spacial score (nSPS) is 10.8. The molecule has 0 spiro atoms. The van der Waals surface area contributed by atoms with Crippen LogP contribution in [0.25, 0.3) is 22.6 Å². The van der Waals surface area contributed by atoms with Gasteiger partial charge >= 0.3 is 0 Å². The van der Waals surface area contributed by atoms with Crippen LogP contribution in [-0.4, -0.2) is 15.8 Å². The van der Waals surface area contributed by atoms with Gasteiger partial charge < -0.3 is 9.73 Å². The van der Waals surface area contributed by atoms with Gasteiger partial charge in [-0.05, 0) is 42.5 Å². The number of nitro benzene ring substituents is 1. The third kappa shape index (κ3) is 3.43. The van der Waals surface area contributed by atoms with Crippen LogP contribution >= 0.6 is 11.6 Å². The molecule has 0 atom stereocenters. The highest BCUT2D eigenvalue weighted by atomic mass is 35.5. The topological polar surface area (TPSA) is 98.3 Å². The smallest absolute Gasteiger partial charge is 0.269 e. The second kappa shape index (κ2) is 7.13. The summed E-state index contributed by atoms with van der Waals surface area (Å²) in [6.07, 6.45) is 0. The monoisotopic (exact) mass is 393 g/mol. The number of halogens is 1. The minimum absolute atomic E-state index is 0.0762. The third-order valence-electron chi connectivity index (χ3n) is 4.09. The summed E-state index contributed by atoms with van der Waals surface area (Å²) in [5.74, 6) is 0.00326. The van der Waals surface area contributed by atoms with Crippen molar-refractivity contribution in [1.82, 2.24) is 4.98 Å². The maximum atomic E-state index is 12.4. The Kier molecular flexibility index (Phi) is 4.50. The first-order valence-corrected chi connectivity index (χ1v) is 8.60. The summed E-state index contributed by atoms with van der Waals surface area (Å²) in [4.78, 5) is 27.0. The van der Waals surface area contributed by atoms with Gasteiger partial charge in [0.2, 0.25) is 5.89 Å². The highest BCUT2D eigenvalue weighted by Gasteiger charge is 2.13. The summed E-state index contributed by atoms with van der Waals surface area (Å²) in [6.45, 7) is 0. The maximum absolute atomic E-state index is 12.4. The molecule has 4 aromatic rings. The summed E-state index contributed by atoms with van der Waals surface area (Å²) in [7, 11) is 0. The van der Waals surface area contributed by atoms with E-state index in [1.54, 1.807) is 24.3 Å². The molecule has 0 bridgehead atoms. The molecule has 0 aliphatic carbocycles. The summed E-state index contributed by atoms with van der Waals surface area (Å²) in [5.41, 5.74) is 2.56. The molecule has 0 fully saturated rings. The van der Waals surface area contributed by atoms with Crippen molar-refractivity contribution < 1.29 is 14.1 Å². The largest absolute Gasteiger partial charge is 0.436 e. The average molecular weight is 394 g/mol. The Bertz CT molecular complexity index is 1200. The molecule has 8 heteroatoms. The fourth-order valence-electron chi connectivity index (χ4n) is 2.69. The molecule has 138 valence electrons. The highest BCUT2D eigenvalue weighted by molar-refractivity contribution is 6.33. The van der Waals surface area contributed by atoms with Gasteiger partial charge in [0.15, 0.2) is 5.58 Å². The van der Waals surface area contributed by atoms with Gasteiger partial charge in [-0.15, -0.1) is 0 Å². The van der Waals surface area contributed by atoms with E-state index < -0.39 is 4.92 Å². The molecular weight excluding hydrogens is 382 g/mol. The molecule has 0 radical (unpaired) electrons. The Morgan fingerprint density at radius 3 is 2.54 bits per heavy atom. The fraction of sp³-hybridized carbons (Fsp3) is 0. The second-order valence-corrected chi connectivity index (χ2v) is 6.35. The molecule has 0 aliphatic rings. The van der Waals surface area contributed by atoms with Crippen molar-refractivity contribution in [2.24, 2.45) is 0 Å². The van der Waals surface area contributed by atoms with Gasteiger partial charge in [0.05, 0.1) is 15.5 Å².